The number of nitrogens with one attached hydrogen (secondary N) is 1. The predicted molar refractivity (Wildman–Crippen MR) is 138 cm³/mol. The van der Waals surface area contributed by atoms with E-state index in [1.807, 2.05) is 19.0 Å². The maximum absolute atomic E-state index is 10.6. The van der Waals surface area contributed by atoms with Crippen molar-refractivity contribution in [3.8, 4) is 5.88 Å². The van der Waals surface area contributed by atoms with E-state index in [9.17, 15) is 24.9 Å². The molecule has 15 heteroatoms. The molecule has 7 N–H and O–H groups in total. The number of aliphatic hydroxyl groups excluding tert-OH is 4. The lowest BCUT2D eigenvalue weighted by Crippen LogP contribution is -2.33. The molecule has 0 spiro atoms. The highest BCUT2D eigenvalue weighted by Crippen LogP contribution is 2.32. The first-order chi connectivity index (χ1) is 18.3. The molecule has 15 nitrogen and oxygen atoms in total. The molecule has 4 rings (SSSR count). The largest absolute Gasteiger partial charge is 0.492 e. The van der Waals surface area contributed by atoms with Gasteiger partial charge in [-0.05, 0) is 45.3 Å². The Morgan fingerprint density at radius 2 is 1.77 bits per heavy atom. The summed E-state index contributed by atoms with van der Waals surface area (Å²) in [7, 11) is 3.87. The van der Waals surface area contributed by atoms with Gasteiger partial charge in [-0.25, -0.2) is 14.8 Å². The van der Waals surface area contributed by atoms with Crippen LogP contribution in [0.2, 0.25) is 0 Å². The number of imidazole rings is 1. The first-order valence-corrected chi connectivity index (χ1v) is 11.8. The number of hydrogen-bond acceptors (Lipinski definition) is 12. The van der Waals surface area contributed by atoms with Crippen LogP contribution in [-0.4, -0.2) is 119 Å². The van der Waals surface area contributed by atoms with Gasteiger partial charge >= 0.3 is 5.97 Å². The SMILES string of the molecule is CC(=O)Nc1ccc(C(=O)O)cc1.CC(O)CN(C)C.OC[C@H]1O[C@@H](n2cnc3c(O)ncnc32)[C@H](O)[C@@H]1O. The zero-order valence-corrected chi connectivity index (χ0v) is 21.9. The number of aliphatic hydroxyl groups is 4. The Labute approximate surface area is 224 Å². The highest BCUT2D eigenvalue weighted by molar-refractivity contribution is 5.91. The molecule has 0 aliphatic carbocycles. The van der Waals surface area contributed by atoms with Crippen LogP contribution >= 0.6 is 0 Å². The summed E-state index contributed by atoms with van der Waals surface area (Å²) in [6.45, 7) is 3.51. The minimum absolute atomic E-state index is 0.167. The molecule has 1 amide bonds. The van der Waals surface area contributed by atoms with Gasteiger partial charge in [-0.15, -0.1) is 0 Å². The van der Waals surface area contributed by atoms with Crippen LogP contribution in [0.4, 0.5) is 5.69 Å². The molecule has 1 aromatic carbocycles. The van der Waals surface area contributed by atoms with Crippen LogP contribution in [0.25, 0.3) is 11.2 Å². The second-order valence-electron chi connectivity index (χ2n) is 8.93. The zero-order chi connectivity index (χ0) is 29.3. The number of fused-ring (bicyclic) bond motifs is 1. The fraction of sp³-hybridized carbons (Fsp3) is 0.458. The average Bonchev–Trinajstić information content (AvgIpc) is 3.40. The maximum Gasteiger partial charge on any atom is 0.335 e. The average molecular weight is 551 g/mol. The van der Waals surface area contributed by atoms with Gasteiger partial charge < -0.3 is 45.6 Å². The van der Waals surface area contributed by atoms with Gasteiger partial charge in [0.15, 0.2) is 17.4 Å². The van der Waals surface area contributed by atoms with Gasteiger partial charge in [-0.2, -0.15) is 4.98 Å². The van der Waals surface area contributed by atoms with Gasteiger partial charge in [-0.1, -0.05) is 0 Å². The number of ether oxygens (including phenoxy) is 1. The monoisotopic (exact) mass is 550 g/mol. The first kappa shape index (κ1) is 31.5. The summed E-state index contributed by atoms with van der Waals surface area (Å²) in [5, 5.41) is 58.0. The standard InChI is InChI=1S/C10H12N4O5.C9H9NO3.C5H13NO/c15-1-4-6(16)7(17)10(19-4)14-3-13-5-8(14)11-2-12-9(5)18;1-6(11)10-8-4-2-7(3-5-8)9(12)13;1-5(7)4-6(2)3/h2-4,6-7,10,15-17H,1H2,(H,11,12,18);2-5H,1H3,(H,10,11)(H,12,13);5,7H,4H2,1-3H3/t4-,6-,7-,10-;;/m1../s1. The molecule has 0 radical (unpaired) electrons. The Morgan fingerprint density at radius 3 is 2.23 bits per heavy atom. The van der Waals surface area contributed by atoms with E-state index in [-0.39, 0.29) is 34.6 Å². The topological polar surface area (TPSA) is 224 Å². The molecule has 2 aromatic heterocycles. The van der Waals surface area contributed by atoms with Crippen molar-refractivity contribution in [1.82, 2.24) is 24.4 Å². The van der Waals surface area contributed by atoms with Gasteiger partial charge in [0.2, 0.25) is 11.8 Å². The normalized spacial score (nSPS) is 20.9. The Balaban J connectivity index is 0.000000232. The molecule has 214 valence electrons. The number of carbonyl (C=O) groups is 2. The molecule has 3 heterocycles. The highest BCUT2D eigenvalue weighted by Gasteiger charge is 2.44. The van der Waals surface area contributed by atoms with Crippen molar-refractivity contribution in [2.45, 2.75) is 44.5 Å². The summed E-state index contributed by atoms with van der Waals surface area (Å²) in [5.74, 6) is -1.44. The molecule has 0 saturated carbocycles. The van der Waals surface area contributed by atoms with Crippen molar-refractivity contribution in [2.24, 2.45) is 0 Å². The van der Waals surface area contributed by atoms with Crippen molar-refractivity contribution in [3.05, 3.63) is 42.5 Å². The first-order valence-electron chi connectivity index (χ1n) is 11.8. The number of rotatable bonds is 6. The zero-order valence-electron chi connectivity index (χ0n) is 21.9. The van der Waals surface area contributed by atoms with Crippen molar-refractivity contribution >= 4 is 28.7 Å². The number of nitrogens with zero attached hydrogens (tertiary/aromatic N) is 5. The van der Waals surface area contributed by atoms with Crippen LogP contribution in [0.15, 0.2) is 36.9 Å². The van der Waals surface area contributed by atoms with E-state index in [1.54, 1.807) is 19.1 Å². The molecule has 1 fully saturated rings. The Morgan fingerprint density at radius 1 is 1.13 bits per heavy atom. The molecular formula is C24H34N6O9. The summed E-state index contributed by atoms with van der Waals surface area (Å²) in [5.41, 5.74) is 1.23. The van der Waals surface area contributed by atoms with Crippen LogP contribution in [0.3, 0.4) is 0 Å². The van der Waals surface area contributed by atoms with Gasteiger partial charge in [0.25, 0.3) is 0 Å². The van der Waals surface area contributed by atoms with Gasteiger partial charge in [0, 0.05) is 19.2 Å². The van der Waals surface area contributed by atoms with E-state index in [1.165, 1.54) is 30.0 Å². The van der Waals surface area contributed by atoms with E-state index >= 15 is 0 Å². The third-order valence-corrected chi connectivity index (χ3v) is 5.21. The number of aromatic nitrogens is 4. The second kappa shape index (κ2) is 14.4. The fourth-order valence-electron chi connectivity index (χ4n) is 3.56. The summed E-state index contributed by atoms with van der Waals surface area (Å²) in [4.78, 5) is 34.5. The minimum Gasteiger partial charge on any atom is -0.492 e. The second-order valence-corrected chi connectivity index (χ2v) is 8.93. The summed E-state index contributed by atoms with van der Waals surface area (Å²) in [6, 6.07) is 5.97. The van der Waals surface area contributed by atoms with Crippen molar-refractivity contribution in [2.75, 3.05) is 32.6 Å². The number of carbonyl (C=O) groups excluding carboxylic acids is 1. The third kappa shape index (κ3) is 8.91. The summed E-state index contributed by atoms with van der Waals surface area (Å²) >= 11 is 0. The maximum atomic E-state index is 10.6. The molecule has 1 saturated heterocycles. The Hall–Kier alpha value is -3.73. The third-order valence-electron chi connectivity index (χ3n) is 5.21. The van der Waals surface area contributed by atoms with E-state index in [0.29, 0.717) is 5.69 Å². The quantitative estimate of drug-likeness (QED) is 0.204. The molecule has 0 bridgehead atoms. The Kier molecular flexibility index (Phi) is 11.7. The number of aromatic hydroxyl groups is 1. The molecule has 1 aliphatic heterocycles. The molecule has 3 aromatic rings. The lowest BCUT2D eigenvalue weighted by molar-refractivity contribution is -0.114. The number of aromatic carboxylic acids is 1. The van der Waals surface area contributed by atoms with Crippen LogP contribution in [0.5, 0.6) is 5.88 Å². The molecule has 5 atom stereocenters. The highest BCUT2D eigenvalue weighted by atomic mass is 16.6. The van der Waals surface area contributed by atoms with E-state index in [0.717, 1.165) is 12.9 Å². The molecule has 1 unspecified atom stereocenters. The number of carboxylic acid groups (broad SMARTS) is 1. The number of likely N-dealkylation sites (N-methyl/N-ethyl adjacent to an activating group) is 1. The van der Waals surface area contributed by atoms with Gasteiger partial charge in [0.1, 0.15) is 24.6 Å². The van der Waals surface area contributed by atoms with Crippen LogP contribution < -0.4 is 5.32 Å². The van der Waals surface area contributed by atoms with E-state index in [2.05, 4.69) is 20.3 Å². The van der Waals surface area contributed by atoms with E-state index in [4.69, 9.17) is 20.1 Å². The lowest BCUT2D eigenvalue weighted by atomic mass is 10.1. The number of carboxylic acids is 1. The molecule has 39 heavy (non-hydrogen) atoms. The number of anilines is 1. The summed E-state index contributed by atoms with van der Waals surface area (Å²) in [6.07, 6.45) is -1.99. The summed E-state index contributed by atoms with van der Waals surface area (Å²) < 4.78 is 6.73. The number of hydrogen-bond donors (Lipinski definition) is 7. The van der Waals surface area contributed by atoms with Crippen LogP contribution in [-0.2, 0) is 9.53 Å². The fourth-order valence-corrected chi connectivity index (χ4v) is 3.56. The van der Waals surface area contributed by atoms with Gasteiger partial charge in [-0.3, -0.25) is 9.36 Å². The molecule has 1 aliphatic rings. The lowest BCUT2D eigenvalue weighted by Gasteiger charge is -2.16. The van der Waals surface area contributed by atoms with Crippen molar-refractivity contribution in [3.63, 3.8) is 0 Å². The van der Waals surface area contributed by atoms with Gasteiger partial charge in [0.05, 0.1) is 24.6 Å². The molecular weight excluding hydrogens is 516 g/mol. The number of benzene rings is 1. The predicted octanol–water partition coefficient (Wildman–Crippen LogP) is -0.585. The van der Waals surface area contributed by atoms with Crippen LogP contribution in [0, 0.1) is 0 Å². The number of amides is 1. The van der Waals surface area contributed by atoms with E-state index < -0.39 is 37.1 Å². The van der Waals surface area contributed by atoms with Crippen molar-refractivity contribution < 1.29 is 45.0 Å². The smallest absolute Gasteiger partial charge is 0.335 e. The van der Waals surface area contributed by atoms with Crippen LogP contribution in [0.1, 0.15) is 30.4 Å². The minimum atomic E-state index is -1.23. The Bertz CT molecular complexity index is 1210. The van der Waals surface area contributed by atoms with Crippen molar-refractivity contribution in [1.29, 1.82) is 0 Å².